The fourth-order valence-electron chi connectivity index (χ4n) is 0.632. The van der Waals surface area contributed by atoms with E-state index in [-0.39, 0.29) is 0 Å². The molecule has 0 rings (SSSR count). The molecule has 0 spiro atoms. The van der Waals surface area contributed by atoms with Crippen molar-refractivity contribution in [3.8, 4) is 0 Å². The van der Waals surface area contributed by atoms with Crippen LogP contribution in [-0.4, -0.2) is 32.2 Å². The van der Waals surface area contributed by atoms with Crippen molar-refractivity contribution in [2.45, 2.75) is 19.8 Å². The van der Waals surface area contributed by atoms with Gasteiger partial charge in [0.15, 0.2) is 0 Å². The van der Waals surface area contributed by atoms with Crippen molar-refractivity contribution in [3.63, 3.8) is 0 Å². The summed E-state index contributed by atoms with van der Waals surface area (Å²) in [7, 11) is 8.26. The van der Waals surface area contributed by atoms with Crippen LogP contribution in [0, 0.1) is 0 Å². The van der Waals surface area contributed by atoms with E-state index in [1.54, 1.807) is 8.07 Å². The van der Waals surface area contributed by atoms with Gasteiger partial charge in [-0.2, -0.15) is 0 Å². The fraction of sp³-hybridized carbons (Fsp3) is 1.00. The second kappa shape index (κ2) is 10.00. The van der Waals surface area contributed by atoms with Crippen LogP contribution in [0.4, 0.5) is 0 Å². The van der Waals surface area contributed by atoms with Crippen LogP contribution in [0.15, 0.2) is 0 Å². The molecular formula is C7H18I2NNi+. The molecule has 1 nitrogen and oxygen atoms in total. The molecule has 11 heavy (non-hydrogen) atoms. The Morgan fingerprint density at radius 3 is 1.64 bits per heavy atom. The van der Waals surface area contributed by atoms with E-state index in [0.717, 1.165) is 4.48 Å². The summed E-state index contributed by atoms with van der Waals surface area (Å²) >= 11 is 4.43. The van der Waals surface area contributed by atoms with Gasteiger partial charge in [0.1, 0.15) is 0 Å². The van der Waals surface area contributed by atoms with Crippen molar-refractivity contribution in [1.29, 1.82) is 0 Å². The Labute approximate surface area is 99.8 Å². The Morgan fingerprint density at radius 2 is 1.55 bits per heavy atom. The number of nitrogens with zero attached hydrogens (tertiary/aromatic N) is 1. The first-order valence-electron chi connectivity index (χ1n) is 3.60. The van der Waals surface area contributed by atoms with Crippen molar-refractivity contribution in [1.82, 2.24) is 0 Å². The molecule has 0 unspecified atom stereocenters. The van der Waals surface area contributed by atoms with Gasteiger partial charge in [0.25, 0.3) is 0 Å². The van der Waals surface area contributed by atoms with E-state index in [2.05, 4.69) is 69.0 Å². The summed E-state index contributed by atoms with van der Waals surface area (Å²) in [5.74, 6) is 0. The normalized spacial score (nSPS) is 10.7. The number of hydrogen-bond acceptors (Lipinski definition) is 0. The molecular weight excluding hydrogens is 411 g/mol. The quantitative estimate of drug-likeness (QED) is 0.368. The number of rotatable bonds is 3. The number of halogens is 2. The van der Waals surface area contributed by atoms with Crippen LogP contribution < -0.4 is 0 Å². The van der Waals surface area contributed by atoms with Crippen LogP contribution in [0.5, 0.6) is 0 Å². The maximum absolute atomic E-state index is 2.23. The molecule has 4 heteroatoms. The van der Waals surface area contributed by atoms with Gasteiger partial charge in [0, 0.05) is 0 Å². The standard InChI is InChI=1S/C7H18N.2HI.Ni/c1-5-6-7-8(2,3)4;;;/h5-7H2,1-4H3;2*1H;/q+1;;;+2/p-2. The van der Waals surface area contributed by atoms with Gasteiger partial charge in [0.2, 0.25) is 0 Å². The van der Waals surface area contributed by atoms with E-state index in [1.807, 2.05) is 0 Å². The van der Waals surface area contributed by atoms with E-state index in [0.29, 0.717) is 0 Å². The Morgan fingerprint density at radius 1 is 1.18 bits per heavy atom. The second-order valence-electron chi connectivity index (χ2n) is 3.41. The van der Waals surface area contributed by atoms with Crippen molar-refractivity contribution >= 4 is 41.0 Å². The average Bonchev–Trinajstić information content (AvgIpc) is 1.84. The Kier molecular flexibility index (Phi) is 14.0. The first-order valence-corrected chi connectivity index (χ1v) is 9.98. The zero-order valence-corrected chi connectivity index (χ0v) is 12.9. The minimum atomic E-state index is 1.10. The molecule has 0 aromatic rings. The zero-order valence-electron chi connectivity index (χ0n) is 7.64. The van der Waals surface area contributed by atoms with Gasteiger partial charge in [-0.25, -0.2) is 0 Å². The molecule has 74 valence electrons. The van der Waals surface area contributed by atoms with Crippen LogP contribution in [0.3, 0.4) is 0 Å². The molecule has 0 aliphatic carbocycles. The molecule has 0 amide bonds. The van der Waals surface area contributed by atoms with Crippen LogP contribution in [0.1, 0.15) is 19.8 Å². The zero-order chi connectivity index (χ0) is 9.33. The molecule has 0 saturated carbocycles. The summed E-state index contributed by atoms with van der Waals surface area (Å²) in [6.07, 6.45) is 2.67. The van der Waals surface area contributed by atoms with E-state index < -0.39 is 0 Å². The monoisotopic (exact) mass is 428 g/mol. The first-order chi connectivity index (χ1) is 4.97. The number of quaternary nitrogens is 1. The van der Waals surface area contributed by atoms with Crippen LogP contribution in [-0.2, 0) is 8.07 Å². The van der Waals surface area contributed by atoms with Gasteiger partial charge in [-0.1, -0.05) is 13.3 Å². The van der Waals surface area contributed by atoms with Gasteiger partial charge >= 0.3 is 49.0 Å². The van der Waals surface area contributed by atoms with Gasteiger partial charge in [-0.15, -0.1) is 0 Å². The van der Waals surface area contributed by atoms with Gasteiger partial charge < -0.3 is 4.48 Å². The minimum absolute atomic E-state index is 1.10. The number of unbranched alkanes of at least 4 members (excludes halogenated alkanes) is 1. The summed E-state index contributed by atoms with van der Waals surface area (Å²) in [5.41, 5.74) is 0. The predicted octanol–water partition coefficient (Wildman–Crippen LogP) is 3.26. The molecule has 0 saturated heterocycles. The molecule has 0 aromatic carbocycles. The van der Waals surface area contributed by atoms with Crippen molar-refractivity contribution in [2.75, 3.05) is 27.7 Å². The van der Waals surface area contributed by atoms with E-state index in [4.69, 9.17) is 0 Å². The Hall–Kier alpha value is 1.91. The summed E-state index contributed by atoms with van der Waals surface area (Å²) < 4.78 is 1.10. The van der Waals surface area contributed by atoms with E-state index in [9.17, 15) is 0 Å². The van der Waals surface area contributed by atoms with Crippen molar-refractivity contribution in [3.05, 3.63) is 0 Å². The summed E-state index contributed by atoms with van der Waals surface area (Å²) in [6.45, 7) is 3.53. The summed E-state index contributed by atoms with van der Waals surface area (Å²) in [4.78, 5) is 0. The van der Waals surface area contributed by atoms with E-state index in [1.165, 1.54) is 19.4 Å². The molecule has 0 heterocycles. The molecule has 0 aromatic heterocycles. The molecule has 0 aliphatic heterocycles. The van der Waals surface area contributed by atoms with Crippen molar-refractivity contribution in [2.24, 2.45) is 0 Å². The summed E-state index contributed by atoms with van der Waals surface area (Å²) in [6, 6.07) is 0. The van der Waals surface area contributed by atoms with Crippen LogP contribution in [0.2, 0.25) is 0 Å². The second-order valence-corrected chi connectivity index (χ2v) is 11.7. The Bertz CT molecular complexity index is 73.3. The topological polar surface area (TPSA) is 0 Å². The van der Waals surface area contributed by atoms with Crippen LogP contribution >= 0.6 is 41.0 Å². The third-order valence-corrected chi connectivity index (χ3v) is 1.18. The summed E-state index contributed by atoms with van der Waals surface area (Å²) in [5, 5.41) is 0. The van der Waals surface area contributed by atoms with Gasteiger partial charge in [-0.05, 0) is 6.42 Å². The van der Waals surface area contributed by atoms with Gasteiger partial charge in [-0.3, -0.25) is 0 Å². The molecule has 0 fully saturated rings. The third-order valence-electron chi connectivity index (χ3n) is 1.18. The van der Waals surface area contributed by atoms with Gasteiger partial charge in [0.05, 0.1) is 27.7 Å². The number of hydrogen-bond donors (Lipinski definition) is 0. The molecule has 0 aliphatic rings. The van der Waals surface area contributed by atoms with E-state index >= 15 is 0 Å². The average molecular weight is 429 g/mol. The fourth-order valence-corrected chi connectivity index (χ4v) is 0.632. The third kappa shape index (κ3) is 24.5. The van der Waals surface area contributed by atoms with Crippen molar-refractivity contribution < 1.29 is 12.6 Å². The molecule has 0 atom stereocenters. The molecule has 0 bridgehead atoms. The molecule has 0 N–H and O–H groups in total. The van der Waals surface area contributed by atoms with Crippen LogP contribution in [0.25, 0.3) is 0 Å². The maximum atomic E-state index is 2.23. The first kappa shape index (κ1) is 15.4. The SMILES string of the molecule is CCCC[N+](C)(C)C.[I][Ni][I]. The predicted molar refractivity (Wildman–Crippen MR) is 65.8 cm³/mol. The Balaban J connectivity index is 0. The molecule has 0 radical (unpaired) electrons.